The summed E-state index contributed by atoms with van der Waals surface area (Å²) in [5.74, 6) is 2.12. The second-order valence-corrected chi connectivity index (χ2v) is 5.92. The largest absolute Gasteiger partial charge is 0.493 e. The van der Waals surface area contributed by atoms with Gasteiger partial charge in [0.2, 0.25) is 0 Å². The van der Waals surface area contributed by atoms with E-state index in [-0.39, 0.29) is 0 Å². The van der Waals surface area contributed by atoms with Gasteiger partial charge in [-0.05, 0) is 43.0 Å². The molecule has 0 amide bonds. The van der Waals surface area contributed by atoms with E-state index < -0.39 is 0 Å². The van der Waals surface area contributed by atoms with E-state index in [1.165, 1.54) is 0 Å². The molecule has 1 atom stereocenters. The molecule has 0 bridgehead atoms. The molecule has 0 radical (unpaired) electrons. The molecule has 1 nitrogen and oxygen atoms in total. The Bertz CT molecular complexity index is 353. The topological polar surface area (TPSA) is 9.23 Å². The summed E-state index contributed by atoms with van der Waals surface area (Å²) in [5.41, 5.74) is 2.21. The first-order valence-corrected chi connectivity index (χ1v) is 7.41. The van der Waals surface area contributed by atoms with E-state index in [0.29, 0.717) is 11.8 Å². The van der Waals surface area contributed by atoms with E-state index in [2.05, 4.69) is 29.8 Å². The number of rotatable bonds is 5. The highest BCUT2D eigenvalue weighted by Gasteiger charge is 2.14. The van der Waals surface area contributed by atoms with Crippen molar-refractivity contribution < 1.29 is 4.74 Å². The number of hydrogen-bond donors (Lipinski definition) is 0. The molecule has 1 aromatic rings. The molecule has 0 fully saturated rings. The van der Waals surface area contributed by atoms with Crippen molar-refractivity contribution in [3.8, 4) is 5.75 Å². The maximum absolute atomic E-state index is 6.00. The summed E-state index contributed by atoms with van der Waals surface area (Å²) < 4.78 is 5.95. The van der Waals surface area contributed by atoms with Crippen molar-refractivity contribution >= 4 is 27.5 Å². The van der Waals surface area contributed by atoms with Gasteiger partial charge in [0.15, 0.2) is 0 Å². The van der Waals surface area contributed by atoms with Crippen LogP contribution < -0.4 is 4.74 Å². The van der Waals surface area contributed by atoms with Gasteiger partial charge in [0.25, 0.3) is 0 Å². The summed E-state index contributed by atoms with van der Waals surface area (Å²) in [4.78, 5) is 0. The quantitative estimate of drug-likeness (QED) is 0.694. The predicted octanol–water partition coefficient (Wildman–Crippen LogP) is 5.00. The Morgan fingerprint density at radius 1 is 1.24 bits per heavy atom. The Balaban J connectivity index is 2.75. The highest BCUT2D eigenvalue weighted by molar-refractivity contribution is 9.09. The predicted molar refractivity (Wildman–Crippen MR) is 78.5 cm³/mol. The molecule has 17 heavy (non-hydrogen) atoms. The van der Waals surface area contributed by atoms with Crippen LogP contribution in [0.5, 0.6) is 5.75 Å². The zero-order valence-electron chi connectivity index (χ0n) is 10.9. The molecule has 3 heteroatoms. The average molecular weight is 320 g/mol. The van der Waals surface area contributed by atoms with Gasteiger partial charge < -0.3 is 4.74 Å². The SMILES string of the molecule is Cc1cc(Cl)cc(C)c1OCC(CBr)C(C)C. The highest BCUT2D eigenvalue weighted by atomic mass is 79.9. The van der Waals surface area contributed by atoms with Gasteiger partial charge in [-0.25, -0.2) is 0 Å². The maximum atomic E-state index is 6.00. The Morgan fingerprint density at radius 2 is 1.76 bits per heavy atom. The van der Waals surface area contributed by atoms with Gasteiger partial charge in [-0.1, -0.05) is 41.4 Å². The van der Waals surface area contributed by atoms with Crippen molar-refractivity contribution in [2.75, 3.05) is 11.9 Å². The number of halogens is 2. The third-order valence-corrected chi connectivity index (χ3v) is 4.06. The summed E-state index contributed by atoms with van der Waals surface area (Å²) in [6.07, 6.45) is 0. The lowest BCUT2D eigenvalue weighted by Gasteiger charge is -2.20. The molecular formula is C14H20BrClO. The van der Waals surface area contributed by atoms with Crippen LogP contribution in [0.3, 0.4) is 0 Å². The molecule has 0 saturated carbocycles. The van der Waals surface area contributed by atoms with Gasteiger partial charge in [-0.3, -0.25) is 0 Å². The minimum absolute atomic E-state index is 0.532. The molecule has 1 rings (SSSR count). The fourth-order valence-electron chi connectivity index (χ4n) is 1.73. The van der Waals surface area contributed by atoms with Crippen LogP contribution in [0.4, 0.5) is 0 Å². The number of aryl methyl sites for hydroxylation is 2. The molecule has 0 saturated heterocycles. The molecule has 0 aliphatic heterocycles. The Labute approximate surface area is 118 Å². The Kier molecular flexibility index (Phi) is 5.81. The second-order valence-electron chi connectivity index (χ2n) is 4.84. The fourth-order valence-corrected chi connectivity index (χ4v) is 2.99. The van der Waals surface area contributed by atoms with E-state index >= 15 is 0 Å². The van der Waals surface area contributed by atoms with Gasteiger partial charge in [-0.15, -0.1) is 0 Å². The standard InChI is InChI=1S/C14H20BrClO/c1-9(2)12(7-15)8-17-14-10(3)5-13(16)6-11(14)4/h5-6,9,12H,7-8H2,1-4H3. The summed E-state index contributed by atoms with van der Waals surface area (Å²) in [7, 11) is 0. The lowest BCUT2D eigenvalue weighted by Crippen LogP contribution is -2.19. The lowest BCUT2D eigenvalue weighted by molar-refractivity contribution is 0.225. The smallest absolute Gasteiger partial charge is 0.125 e. The first kappa shape index (κ1) is 14.8. The van der Waals surface area contributed by atoms with E-state index in [1.807, 2.05) is 26.0 Å². The zero-order valence-corrected chi connectivity index (χ0v) is 13.2. The summed E-state index contributed by atoms with van der Waals surface area (Å²) in [5, 5.41) is 1.74. The van der Waals surface area contributed by atoms with E-state index in [1.54, 1.807) is 0 Å². The average Bonchev–Trinajstić information content (AvgIpc) is 2.21. The number of ether oxygens (including phenoxy) is 1. The van der Waals surface area contributed by atoms with Gasteiger partial charge in [0.05, 0.1) is 6.61 Å². The lowest BCUT2D eigenvalue weighted by atomic mass is 9.99. The Morgan fingerprint density at radius 3 is 2.18 bits per heavy atom. The summed E-state index contributed by atoms with van der Waals surface area (Å²) >= 11 is 9.54. The molecular weight excluding hydrogens is 300 g/mol. The van der Waals surface area contributed by atoms with Gasteiger partial charge >= 0.3 is 0 Å². The normalized spacial score (nSPS) is 12.9. The highest BCUT2D eigenvalue weighted by Crippen LogP contribution is 2.28. The molecule has 1 unspecified atom stereocenters. The van der Waals surface area contributed by atoms with Crippen molar-refractivity contribution in [1.82, 2.24) is 0 Å². The van der Waals surface area contributed by atoms with Crippen LogP contribution >= 0.6 is 27.5 Å². The second kappa shape index (κ2) is 6.65. The number of alkyl halides is 1. The van der Waals surface area contributed by atoms with Crippen LogP contribution in [-0.4, -0.2) is 11.9 Å². The third-order valence-electron chi connectivity index (χ3n) is 3.01. The van der Waals surface area contributed by atoms with E-state index in [4.69, 9.17) is 16.3 Å². The summed E-state index contributed by atoms with van der Waals surface area (Å²) in [6.45, 7) is 9.25. The van der Waals surface area contributed by atoms with Gasteiger partial charge in [-0.2, -0.15) is 0 Å². The van der Waals surface area contributed by atoms with E-state index in [0.717, 1.165) is 33.8 Å². The van der Waals surface area contributed by atoms with Crippen molar-refractivity contribution in [2.24, 2.45) is 11.8 Å². The molecule has 96 valence electrons. The van der Waals surface area contributed by atoms with Crippen molar-refractivity contribution in [3.63, 3.8) is 0 Å². The zero-order chi connectivity index (χ0) is 13.0. The van der Waals surface area contributed by atoms with Crippen LogP contribution in [0, 0.1) is 25.7 Å². The van der Waals surface area contributed by atoms with Crippen LogP contribution in [0.15, 0.2) is 12.1 Å². The first-order valence-electron chi connectivity index (χ1n) is 5.91. The van der Waals surface area contributed by atoms with Gasteiger partial charge in [0, 0.05) is 16.3 Å². The van der Waals surface area contributed by atoms with Crippen LogP contribution in [-0.2, 0) is 0 Å². The van der Waals surface area contributed by atoms with Crippen LogP contribution in [0.2, 0.25) is 5.02 Å². The van der Waals surface area contributed by atoms with Crippen LogP contribution in [0.25, 0.3) is 0 Å². The maximum Gasteiger partial charge on any atom is 0.125 e. The minimum Gasteiger partial charge on any atom is -0.493 e. The Hall–Kier alpha value is -0.210. The van der Waals surface area contributed by atoms with Crippen molar-refractivity contribution in [1.29, 1.82) is 0 Å². The molecule has 0 aliphatic rings. The molecule has 1 aromatic carbocycles. The third kappa shape index (κ3) is 4.18. The molecule has 0 N–H and O–H groups in total. The van der Waals surface area contributed by atoms with Crippen LogP contribution in [0.1, 0.15) is 25.0 Å². The number of hydrogen-bond acceptors (Lipinski definition) is 1. The van der Waals surface area contributed by atoms with Crippen molar-refractivity contribution in [3.05, 3.63) is 28.3 Å². The monoisotopic (exact) mass is 318 g/mol. The van der Waals surface area contributed by atoms with Crippen molar-refractivity contribution in [2.45, 2.75) is 27.7 Å². The number of benzene rings is 1. The van der Waals surface area contributed by atoms with E-state index in [9.17, 15) is 0 Å². The molecule has 0 aromatic heterocycles. The fraction of sp³-hybridized carbons (Fsp3) is 0.571. The molecule has 0 spiro atoms. The first-order chi connectivity index (χ1) is 7.95. The van der Waals surface area contributed by atoms with Gasteiger partial charge in [0.1, 0.15) is 5.75 Å². The molecule has 0 heterocycles. The minimum atomic E-state index is 0.532. The molecule has 0 aliphatic carbocycles. The summed E-state index contributed by atoms with van der Waals surface area (Å²) in [6, 6.07) is 3.89.